The Kier molecular flexibility index (Phi) is 4.53. The molecule has 0 unspecified atom stereocenters. The fraction of sp³-hybridized carbons (Fsp3) is 0.136. The van der Waals surface area contributed by atoms with E-state index in [1.807, 2.05) is 75.5 Å². The number of rotatable bonds is 4. The van der Waals surface area contributed by atoms with Gasteiger partial charge in [0.1, 0.15) is 0 Å². The summed E-state index contributed by atoms with van der Waals surface area (Å²) in [6.45, 7) is 3.77. The number of hydrogen-bond acceptors (Lipinski definition) is 4. The van der Waals surface area contributed by atoms with Crippen molar-refractivity contribution in [2.75, 3.05) is 10.6 Å². The maximum absolute atomic E-state index is 13.0. The van der Waals surface area contributed by atoms with Crippen molar-refractivity contribution in [1.29, 1.82) is 0 Å². The monoisotopic (exact) mass is 371 g/mol. The number of amides is 1. The van der Waals surface area contributed by atoms with Crippen molar-refractivity contribution in [1.82, 2.24) is 14.8 Å². The molecule has 0 radical (unpaired) electrons. The number of aromatic nitrogens is 3. The molecule has 4 rings (SSSR count). The van der Waals surface area contributed by atoms with E-state index >= 15 is 0 Å². The highest BCUT2D eigenvalue weighted by Crippen LogP contribution is 2.24. The molecule has 2 N–H and O–H groups in total. The first-order chi connectivity index (χ1) is 13.5. The van der Waals surface area contributed by atoms with E-state index in [0.717, 1.165) is 33.8 Å². The number of aryl methyl sites for hydroxylation is 3. The molecule has 2 heterocycles. The average Bonchev–Trinajstić information content (AvgIpc) is 2.96. The molecule has 28 heavy (non-hydrogen) atoms. The van der Waals surface area contributed by atoms with Gasteiger partial charge in [-0.25, -0.2) is 4.98 Å². The van der Waals surface area contributed by atoms with E-state index in [4.69, 9.17) is 0 Å². The minimum Gasteiger partial charge on any atom is -0.355 e. The van der Waals surface area contributed by atoms with E-state index in [-0.39, 0.29) is 5.91 Å². The zero-order valence-corrected chi connectivity index (χ0v) is 16.0. The number of anilines is 3. The van der Waals surface area contributed by atoms with Gasteiger partial charge < -0.3 is 10.6 Å². The second kappa shape index (κ2) is 7.15. The Hall–Kier alpha value is -3.67. The number of carbonyl (C=O) groups excluding carboxylic acids is 1. The molecule has 1 amide bonds. The predicted molar refractivity (Wildman–Crippen MR) is 112 cm³/mol. The molecule has 0 saturated carbocycles. The van der Waals surface area contributed by atoms with Crippen LogP contribution in [0, 0.1) is 13.8 Å². The summed E-state index contributed by atoms with van der Waals surface area (Å²) < 4.78 is 1.71. The average molecular weight is 371 g/mol. The molecule has 6 heteroatoms. The third-order valence-corrected chi connectivity index (χ3v) is 4.52. The molecule has 2 aromatic carbocycles. The zero-order valence-electron chi connectivity index (χ0n) is 16.0. The Bertz CT molecular complexity index is 1160. The fourth-order valence-electron chi connectivity index (χ4n) is 3.31. The van der Waals surface area contributed by atoms with Gasteiger partial charge in [-0.05, 0) is 50.2 Å². The lowest BCUT2D eigenvalue weighted by molar-refractivity contribution is 0.102. The third-order valence-electron chi connectivity index (χ3n) is 4.52. The molecule has 140 valence electrons. The molecule has 0 aliphatic heterocycles. The second-order valence-electron chi connectivity index (χ2n) is 6.74. The minimum absolute atomic E-state index is 0.177. The van der Waals surface area contributed by atoms with E-state index < -0.39 is 0 Å². The number of nitrogens with one attached hydrogen (secondary N) is 2. The van der Waals surface area contributed by atoms with Crippen molar-refractivity contribution >= 4 is 34.0 Å². The fourth-order valence-corrected chi connectivity index (χ4v) is 3.31. The Morgan fingerprint density at radius 1 is 0.929 bits per heavy atom. The first-order valence-corrected chi connectivity index (χ1v) is 9.06. The maximum atomic E-state index is 13.0. The van der Waals surface area contributed by atoms with Crippen LogP contribution in [-0.2, 0) is 7.05 Å². The standard InChI is InChI=1S/C22H21N5O/c1-14-12-19(20-15(2)26-27(3)21(20)23-14)22(28)25-18-11-7-10-17(13-18)24-16-8-5-4-6-9-16/h4-13,24H,1-3H3,(H,25,28). The maximum Gasteiger partial charge on any atom is 0.256 e. The molecule has 0 atom stereocenters. The molecule has 0 aliphatic carbocycles. The Balaban J connectivity index is 1.63. The molecule has 2 aromatic heterocycles. The molecular weight excluding hydrogens is 350 g/mol. The molecule has 6 nitrogen and oxygen atoms in total. The zero-order chi connectivity index (χ0) is 19.7. The lowest BCUT2D eigenvalue weighted by Gasteiger charge is -2.11. The van der Waals surface area contributed by atoms with Gasteiger partial charge in [-0.3, -0.25) is 9.48 Å². The van der Waals surface area contributed by atoms with Crippen LogP contribution in [0.25, 0.3) is 11.0 Å². The van der Waals surface area contributed by atoms with E-state index in [1.54, 1.807) is 10.7 Å². The quantitative estimate of drug-likeness (QED) is 0.551. The van der Waals surface area contributed by atoms with Crippen LogP contribution in [0.4, 0.5) is 17.1 Å². The van der Waals surface area contributed by atoms with Crippen LogP contribution in [-0.4, -0.2) is 20.7 Å². The summed E-state index contributed by atoms with van der Waals surface area (Å²) in [6, 6.07) is 19.4. The van der Waals surface area contributed by atoms with E-state index in [1.165, 1.54) is 0 Å². The highest BCUT2D eigenvalue weighted by molar-refractivity contribution is 6.12. The Morgan fingerprint density at radius 3 is 2.43 bits per heavy atom. The molecule has 0 aliphatic rings. The van der Waals surface area contributed by atoms with E-state index in [9.17, 15) is 4.79 Å². The van der Waals surface area contributed by atoms with E-state index in [0.29, 0.717) is 11.2 Å². The normalized spacial score (nSPS) is 10.8. The SMILES string of the molecule is Cc1cc(C(=O)Nc2cccc(Nc3ccccc3)c2)c2c(C)nn(C)c2n1. The van der Waals surface area contributed by atoms with Gasteiger partial charge in [0.05, 0.1) is 16.6 Å². The summed E-state index contributed by atoms with van der Waals surface area (Å²) in [5.41, 5.74) is 5.46. The number of carbonyl (C=O) groups is 1. The molecule has 0 fully saturated rings. The largest absolute Gasteiger partial charge is 0.355 e. The summed E-state index contributed by atoms with van der Waals surface area (Å²) in [5, 5.41) is 11.5. The van der Waals surface area contributed by atoms with Crippen molar-refractivity contribution in [2.24, 2.45) is 7.05 Å². The smallest absolute Gasteiger partial charge is 0.256 e. The number of nitrogens with zero attached hydrogens (tertiary/aromatic N) is 3. The number of pyridine rings is 1. The summed E-state index contributed by atoms with van der Waals surface area (Å²) in [5.74, 6) is -0.177. The van der Waals surface area contributed by atoms with Crippen molar-refractivity contribution in [2.45, 2.75) is 13.8 Å². The van der Waals surface area contributed by atoms with Gasteiger partial charge in [-0.2, -0.15) is 5.10 Å². The number of fused-ring (bicyclic) bond motifs is 1. The highest BCUT2D eigenvalue weighted by Gasteiger charge is 2.18. The Morgan fingerprint density at radius 2 is 1.64 bits per heavy atom. The first-order valence-electron chi connectivity index (χ1n) is 9.06. The predicted octanol–water partition coefficient (Wildman–Crippen LogP) is 4.58. The molecule has 4 aromatic rings. The number of para-hydroxylation sites is 1. The third kappa shape index (κ3) is 3.44. The topological polar surface area (TPSA) is 71.8 Å². The Labute approximate surface area is 163 Å². The van der Waals surface area contributed by atoms with Crippen molar-refractivity contribution in [3.05, 3.63) is 77.6 Å². The minimum atomic E-state index is -0.177. The molecule has 0 saturated heterocycles. The van der Waals surface area contributed by atoms with Crippen LogP contribution in [0.5, 0.6) is 0 Å². The van der Waals surface area contributed by atoms with Gasteiger partial charge in [0, 0.05) is 29.8 Å². The van der Waals surface area contributed by atoms with Crippen LogP contribution < -0.4 is 10.6 Å². The highest BCUT2D eigenvalue weighted by atomic mass is 16.1. The summed E-state index contributed by atoms with van der Waals surface area (Å²) >= 11 is 0. The van der Waals surface area contributed by atoms with Gasteiger partial charge in [-0.15, -0.1) is 0 Å². The summed E-state index contributed by atoms with van der Waals surface area (Å²) in [7, 11) is 1.84. The molecule has 0 spiro atoms. The van der Waals surface area contributed by atoms with Gasteiger partial charge in [0.2, 0.25) is 0 Å². The van der Waals surface area contributed by atoms with Gasteiger partial charge in [-0.1, -0.05) is 24.3 Å². The number of benzene rings is 2. The second-order valence-corrected chi connectivity index (χ2v) is 6.74. The van der Waals surface area contributed by atoms with Gasteiger partial charge in [0.25, 0.3) is 5.91 Å². The van der Waals surface area contributed by atoms with Crippen LogP contribution in [0.3, 0.4) is 0 Å². The molecular formula is C22H21N5O. The molecule has 0 bridgehead atoms. The van der Waals surface area contributed by atoms with Crippen LogP contribution in [0.1, 0.15) is 21.7 Å². The lowest BCUT2D eigenvalue weighted by Crippen LogP contribution is -2.13. The van der Waals surface area contributed by atoms with Crippen LogP contribution in [0.2, 0.25) is 0 Å². The lowest BCUT2D eigenvalue weighted by atomic mass is 10.1. The van der Waals surface area contributed by atoms with Crippen LogP contribution >= 0.6 is 0 Å². The summed E-state index contributed by atoms with van der Waals surface area (Å²) in [4.78, 5) is 17.5. The van der Waals surface area contributed by atoms with Crippen molar-refractivity contribution < 1.29 is 4.79 Å². The number of hydrogen-bond donors (Lipinski definition) is 2. The van der Waals surface area contributed by atoms with Crippen molar-refractivity contribution in [3.63, 3.8) is 0 Å². The van der Waals surface area contributed by atoms with Gasteiger partial charge >= 0.3 is 0 Å². The van der Waals surface area contributed by atoms with Crippen LogP contribution in [0.15, 0.2) is 60.7 Å². The van der Waals surface area contributed by atoms with Gasteiger partial charge in [0.15, 0.2) is 5.65 Å². The summed E-state index contributed by atoms with van der Waals surface area (Å²) in [6.07, 6.45) is 0. The first kappa shape index (κ1) is 17.7. The van der Waals surface area contributed by atoms with E-state index in [2.05, 4.69) is 20.7 Å². The van der Waals surface area contributed by atoms with Crippen molar-refractivity contribution in [3.8, 4) is 0 Å².